The summed E-state index contributed by atoms with van der Waals surface area (Å²) >= 11 is 1.23. The lowest BCUT2D eigenvalue weighted by atomic mass is 9.98. The number of rotatable bonds is 6. The Balaban J connectivity index is 1.34. The second kappa shape index (κ2) is 10.8. The van der Waals surface area contributed by atoms with Crippen molar-refractivity contribution in [1.29, 1.82) is 0 Å². The van der Waals surface area contributed by atoms with Crippen molar-refractivity contribution in [1.82, 2.24) is 5.01 Å². The minimum absolute atomic E-state index is 0.00642. The number of carbonyl (C=O) groups is 2. The fourth-order valence-corrected chi connectivity index (χ4v) is 5.45. The van der Waals surface area contributed by atoms with Crippen molar-refractivity contribution in [2.75, 3.05) is 12.4 Å². The summed E-state index contributed by atoms with van der Waals surface area (Å²) < 4.78 is 18.9. The van der Waals surface area contributed by atoms with E-state index in [-0.39, 0.29) is 30.1 Å². The zero-order valence-electron chi connectivity index (χ0n) is 21.3. The van der Waals surface area contributed by atoms with Gasteiger partial charge in [-0.15, -0.1) is 0 Å². The summed E-state index contributed by atoms with van der Waals surface area (Å²) in [4.78, 5) is 29.8. The van der Waals surface area contributed by atoms with Crippen LogP contribution in [0.4, 0.5) is 10.1 Å². The highest BCUT2D eigenvalue weighted by molar-refractivity contribution is 8.15. The van der Waals surface area contributed by atoms with Crippen LogP contribution in [0.5, 0.6) is 5.75 Å². The van der Waals surface area contributed by atoms with E-state index >= 15 is 0 Å². The maximum Gasteiger partial charge on any atom is 0.262 e. The fraction of sp³-hybridized carbons (Fsp3) is 0.241. The molecule has 0 fully saturated rings. The summed E-state index contributed by atoms with van der Waals surface area (Å²) in [5.74, 6) is -0.213. The largest absolute Gasteiger partial charge is 0.497 e. The average Bonchev–Trinajstić information content (AvgIpc) is 3.51. The van der Waals surface area contributed by atoms with E-state index in [1.165, 1.54) is 23.9 Å². The Labute approximate surface area is 224 Å². The predicted octanol–water partition coefficient (Wildman–Crippen LogP) is 5.63. The summed E-state index contributed by atoms with van der Waals surface area (Å²) in [6, 6.07) is 19.3. The molecule has 0 aromatic heterocycles. The molecule has 3 aromatic carbocycles. The van der Waals surface area contributed by atoms with Crippen LogP contribution in [0.2, 0.25) is 0 Å². The van der Waals surface area contributed by atoms with Crippen LogP contribution >= 0.6 is 11.8 Å². The van der Waals surface area contributed by atoms with E-state index in [0.29, 0.717) is 17.3 Å². The van der Waals surface area contributed by atoms with Gasteiger partial charge in [0.25, 0.3) is 5.91 Å². The number of ether oxygens (including phenoxy) is 1. The number of benzene rings is 3. The lowest BCUT2D eigenvalue weighted by molar-refractivity contribution is -0.121. The smallest absolute Gasteiger partial charge is 0.262 e. The van der Waals surface area contributed by atoms with Crippen LogP contribution in [0.25, 0.3) is 0 Å². The minimum atomic E-state index is -0.648. The lowest BCUT2D eigenvalue weighted by Gasteiger charge is -2.23. The number of nitrogens with zero attached hydrogens (tertiary/aromatic N) is 3. The molecule has 7 nitrogen and oxygen atoms in total. The highest BCUT2D eigenvalue weighted by Gasteiger charge is 2.39. The Kier molecular flexibility index (Phi) is 7.28. The van der Waals surface area contributed by atoms with E-state index in [2.05, 4.69) is 10.3 Å². The first-order valence-electron chi connectivity index (χ1n) is 12.2. The van der Waals surface area contributed by atoms with Crippen molar-refractivity contribution in [3.63, 3.8) is 0 Å². The third-order valence-electron chi connectivity index (χ3n) is 6.67. The number of thioether (sulfide) groups is 1. The number of methoxy groups -OCH3 is 1. The predicted molar refractivity (Wildman–Crippen MR) is 148 cm³/mol. The van der Waals surface area contributed by atoms with Crippen LogP contribution in [0.3, 0.4) is 0 Å². The fourth-order valence-electron chi connectivity index (χ4n) is 4.39. The van der Waals surface area contributed by atoms with Crippen molar-refractivity contribution in [3.05, 3.63) is 94.8 Å². The SMILES string of the molecule is COc1ccc(C2=NN(C3=NC(=O)[C@@H](CC(=O)Nc4ccc(C)c(C)c4)S3)[C@@H](c3ccc(F)cc3)C2)cc1. The number of aryl methyl sites for hydroxylation is 2. The number of aliphatic imine (C=N–C) groups is 1. The summed E-state index contributed by atoms with van der Waals surface area (Å²) in [6.45, 7) is 3.99. The first-order valence-corrected chi connectivity index (χ1v) is 13.1. The summed E-state index contributed by atoms with van der Waals surface area (Å²) in [5, 5.41) is 9.20. The van der Waals surface area contributed by atoms with Crippen molar-refractivity contribution in [3.8, 4) is 5.75 Å². The van der Waals surface area contributed by atoms with Crippen LogP contribution in [0.1, 0.15) is 41.1 Å². The number of hydrazone groups is 1. The van der Waals surface area contributed by atoms with Gasteiger partial charge in [-0.2, -0.15) is 10.1 Å². The van der Waals surface area contributed by atoms with Crippen LogP contribution < -0.4 is 10.1 Å². The van der Waals surface area contributed by atoms with Gasteiger partial charge in [-0.3, -0.25) is 9.59 Å². The molecule has 194 valence electrons. The number of halogens is 1. The normalized spacial score (nSPS) is 18.8. The highest BCUT2D eigenvalue weighted by atomic mass is 32.2. The molecule has 2 atom stereocenters. The average molecular weight is 531 g/mol. The molecule has 2 amide bonds. The summed E-state index contributed by atoms with van der Waals surface area (Å²) in [6.07, 6.45) is 0.539. The molecule has 0 aliphatic carbocycles. The molecule has 0 saturated carbocycles. The van der Waals surface area contributed by atoms with Gasteiger partial charge in [-0.25, -0.2) is 9.40 Å². The van der Waals surface area contributed by atoms with Gasteiger partial charge in [-0.05, 0) is 84.6 Å². The molecule has 0 unspecified atom stereocenters. The van der Waals surface area contributed by atoms with Gasteiger partial charge in [0.05, 0.1) is 18.9 Å². The molecule has 38 heavy (non-hydrogen) atoms. The van der Waals surface area contributed by atoms with E-state index in [1.807, 2.05) is 56.3 Å². The van der Waals surface area contributed by atoms with Crippen molar-refractivity contribution >= 4 is 40.1 Å². The molecular formula is C29H27FN4O3S. The quantitative estimate of drug-likeness (QED) is 0.447. The number of carbonyl (C=O) groups excluding carboxylic acids is 2. The maximum absolute atomic E-state index is 13.6. The minimum Gasteiger partial charge on any atom is -0.497 e. The van der Waals surface area contributed by atoms with Gasteiger partial charge in [0.1, 0.15) is 16.8 Å². The van der Waals surface area contributed by atoms with Crippen molar-refractivity contribution in [2.45, 2.75) is 38.0 Å². The molecule has 2 heterocycles. The molecule has 2 aliphatic rings. The Morgan fingerprint density at radius 2 is 1.82 bits per heavy atom. The van der Waals surface area contributed by atoms with Gasteiger partial charge < -0.3 is 10.1 Å². The molecule has 1 N–H and O–H groups in total. The lowest BCUT2D eigenvalue weighted by Crippen LogP contribution is -2.25. The highest BCUT2D eigenvalue weighted by Crippen LogP contribution is 2.39. The molecule has 0 spiro atoms. The van der Waals surface area contributed by atoms with Crippen LogP contribution in [-0.4, -0.2) is 40.1 Å². The zero-order valence-corrected chi connectivity index (χ0v) is 22.1. The second-order valence-electron chi connectivity index (χ2n) is 9.28. The van der Waals surface area contributed by atoms with Gasteiger partial charge in [0.2, 0.25) is 5.91 Å². The topological polar surface area (TPSA) is 83.4 Å². The molecule has 2 aliphatic heterocycles. The first kappa shape index (κ1) is 25.7. The van der Waals surface area contributed by atoms with E-state index in [9.17, 15) is 14.0 Å². The number of anilines is 1. The number of hydrogen-bond acceptors (Lipinski definition) is 6. The van der Waals surface area contributed by atoms with E-state index in [1.54, 1.807) is 24.3 Å². The van der Waals surface area contributed by atoms with Crippen LogP contribution in [0.15, 0.2) is 76.8 Å². The molecule has 3 aromatic rings. The second-order valence-corrected chi connectivity index (χ2v) is 10.5. The molecule has 0 radical (unpaired) electrons. The monoisotopic (exact) mass is 530 g/mol. The number of amidine groups is 1. The van der Waals surface area contributed by atoms with Crippen LogP contribution in [-0.2, 0) is 9.59 Å². The Hall–Kier alpha value is -3.98. The number of hydrogen-bond donors (Lipinski definition) is 1. The third kappa shape index (κ3) is 5.47. The summed E-state index contributed by atoms with van der Waals surface area (Å²) in [5.41, 5.74) is 5.49. The Bertz CT molecular complexity index is 1440. The zero-order chi connectivity index (χ0) is 26.8. The van der Waals surface area contributed by atoms with Crippen molar-refractivity contribution in [2.24, 2.45) is 10.1 Å². The standard InChI is InChI=1S/C29H27FN4O3S/c1-17-4-11-22(14-18(17)2)31-27(35)16-26-28(36)32-29(38-26)34-25(20-5-9-21(30)10-6-20)15-24(33-34)19-7-12-23(37-3)13-8-19/h4-14,25-26H,15-16H2,1-3H3,(H,31,35)/t25-,26-/m1/s1. The molecule has 5 rings (SSSR count). The van der Waals surface area contributed by atoms with E-state index in [4.69, 9.17) is 9.84 Å². The molecule has 0 bridgehead atoms. The Morgan fingerprint density at radius 1 is 1.08 bits per heavy atom. The van der Waals surface area contributed by atoms with Gasteiger partial charge in [-0.1, -0.05) is 30.0 Å². The number of nitrogens with one attached hydrogen (secondary N) is 1. The first-order chi connectivity index (χ1) is 18.3. The van der Waals surface area contributed by atoms with E-state index in [0.717, 1.165) is 33.7 Å². The van der Waals surface area contributed by atoms with Crippen LogP contribution in [0, 0.1) is 19.7 Å². The number of amides is 2. The molecular weight excluding hydrogens is 503 g/mol. The van der Waals surface area contributed by atoms with Crippen molar-refractivity contribution < 1.29 is 18.7 Å². The van der Waals surface area contributed by atoms with Gasteiger partial charge in [0.15, 0.2) is 5.17 Å². The molecule has 0 saturated heterocycles. The maximum atomic E-state index is 13.6. The third-order valence-corrected chi connectivity index (χ3v) is 7.82. The van der Waals surface area contributed by atoms with E-state index < -0.39 is 5.25 Å². The Morgan fingerprint density at radius 3 is 2.50 bits per heavy atom. The summed E-state index contributed by atoms with van der Waals surface area (Å²) in [7, 11) is 1.61. The van der Waals surface area contributed by atoms with Gasteiger partial charge in [0, 0.05) is 18.5 Å². The molecule has 9 heteroatoms. The van der Waals surface area contributed by atoms with Gasteiger partial charge >= 0.3 is 0 Å².